The number of aliphatic hydroxyl groups excluding tert-OH is 1. The minimum atomic E-state index is -4.29. The first-order valence-corrected chi connectivity index (χ1v) is 12.9. The summed E-state index contributed by atoms with van der Waals surface area (Å²) in [4.78, 5) is 37.7. The number of para-hydroxylation sites is 1. The summed E-state index contributed by atoms with van der Waals surface area (Å²) in [6.45, 7) is 5.48. The SMILES string of the molecule is CC(C)OC(=O)[C@@H](C)N[P@@](=O)(OC[C@H]1O[C@@H](n2cc(F)c(=O)[nH]c2=O)[C@](C)(N)[C@@H]1O)Oc1ccccc1. The Morgan fingerprint density at radius 3 is 2.59 bits per heavy atom. The Labute approximate surface area is 211 Å². The van der Waals surface area contributed by atoms with E-state index in [4.69, 9.17) is 24.3 Å². The van der Waals surface area contributed by atoms with Gasteiger partial charge in [0.15, 0.2) is 6.23 Å². The lowest BCUT2D eigenvalue weighted by molar-refractivity contribution is -0.149. The average molecular weight is 544 g/mol. The zero-order valence-electron chi connectivity index (χ0n) is 20.6. The molecule has 1 fully saturated rings. The summed E-state index contributed by atoms with van der Waals surface area (Å²) in [5.74, 6) is -1.81. The molecule has 1 aliphatic heterocycles. The maximum Gasteiger partial charge on any atom is 0.459 e. The summed E-state index contributed by atoms with van der Waals surface area (Å²) in [7, 11) is -4.29. The number of hydrogen-bond donors (Lipinski definition) is 4. The first-order valence-electron chi connectivity index (χ1n) is 11.3. The Kier molecular flexibility index (Phi) is 8.73. The summed E-state index contributed by atoms with van der Waals surface area (Å²) >= 11 is 0. The van der Waals surface area contributed by atoms with Crippen molar-refractivity contribution in [2.75, 3.05) is 6.61 Å². The largest absolute Gasteiger partial charge is 0.462 e. The molecule has 1 saturated heterocycles. The third-order valence-corrected chi connectivity index (χ3v) is 7.08. The van der Waals surface area contributed by atoms with Crippen LogP contribution >= 0.6 is 7.75 Å². The summed E-state index contributed by atoms with van der Waals surface area (Å²) in [5, 5.41) is 13.3. The van der Waals surface area contributed by atoms with Crippen LogP contribution in [0.1, 0.15) is 33.9 Å². The lowest BCUT2D eigenvalue weighted by atomic mass is 9.93. The van der Waals surface area contributed by atoms with Crippen LogP contribution in [-0.4, -0.2) is 57.1 Å². The molecule has 1 aliphatic rings. The van der Waals surface area contributed by atoms with Crippen LogP contribution in [0, 0.1) is 5.82 Å². The Hall–Kier alpha value is -2.87. The summed E-state index contributed by atoms with van der Waals surface area (Å²) in [6.07, 6.45) is -3.99. The van der Waals surface area contributed by atoms with Gasteiger partial charge in [-0.05, 0) is 39.8 Å². The molecule has 3 rings (SSSR count). The van der Waals surface area contributed by atoms with E-state index < -0.39 is 73.5 Å². The van der Waals surface area contributed by atoms with Crippen LogP contribution in [-0.2, 0) is 23.4 Å². The molecule has 0 amide bonds. The van der Waals surface area contributed by atoms with Crippen molar-refractivity contribution < 1.29 is 37.4 Å². The Bertz CT molecular complexity index is 1270. The number of benzene rings is 1. The number of nitrogens with zero attached hydrogens (tertiary/aromatic N) is 1. The minimum Gasteiger partial charge on any atom is -0.462 e. The zero-order valence-corrected chi connectivity index (χ0v) is 21.5. The molecular formula is C22H30FN4O9P. The van der Waals surface area contributed by atoms with Crippen LogP contribution in [0.4, 0.5) is 4.39 Å². The highest BCUT2D eigenvalue weighted by Crippen LogP contribution is 2.46. The second-order valence-electron chi connectivity index (χ2n) is 9.02. The van der Waals surface area contributed by atoms with E-state index in [2.05, 4.69) is 5.09 Å². The van der Waals surface area contributed by atoms with Gasteiger partial charge in [0, 0.05) is 0 Å². The van der Waals surface area contributed by atoms with Crippen molar-refractivity contribution in [1.82, 2.24) is 14.6 Å². The van der Waals surface area contributed by atoms with E-state index in [1.54, 1.807) is 37.0 Å². The number of carbonyl (C=O) groups excluding carboxylic acids is 1. The van der Waals surface area contributed by atoms with Gasteiger partial charge in [-0.1, -0.05) is 18.2 Å². The number of H-pyrrole nitrogens is 1. The standard InChI is InChI=1S/C22H30FN4O9P/c1-12(2)34-19(30)13(3)26-37(32,36-14-8-6-5-7-9-14)33-11-16-17(28)22(4,24)20(35-16)27-10-15(23)18(29)25-21(27)31/h5-10,12-13,16-17,20,28H,11,24H2,1-4H3,(H,26,32)(H,25,29,31)/t13-,16-,17-,20-,22-,37-/m1/s1. The van der Waals surface area contributed by atoms with Crippen molar-refractivity contribution in [2.24, 2.45) is 5.73 Å². The van der Waals surface area contributed by atoms with Crippen LogP contribution in [0.2, 0.25) is 0 Å². The number of nitrogens with two attached hydrogens (primary N) is 1. The molecule has 2 heterocycles. The molecule has 5 N–H and O–H groups in total. The zero-order chi connectivity index (χ0) is 27.5. The van der Waals surface area contributed by atoms with E-state index in [0.29, 0.717) is 10.8 Å². The van der Waals surface area contributed by atoms with Crippen LogP contribution < -0.4 is 26.6 Å². The highest BCUT2D eigenvalue weighted by molar-refractivity contribution is 7.52. The normalized spacial score (nSPS) is 26.0. The molecule has 0 aliphatic carbocycles. The number of aromatic amines is 1. The number of aliphatic hydroxyl groups is 1. The van der Waals surface area contributed by atoms with Crippen molar-refractivity contribution in [3.05, 3.63) is 63.2 Å². The van der Waals surface area contributed by atoms with Gasteiger partial charge in [-0.3, -0.25) is 23.7 Å². The van der Waals surface area contributed by atoms with Crippen LogP contribution in [0.25, 0.3) is 0 Å². The van der Waals surface area contributed by atoms with Crippen molar-refractivity contribution in [3.8, 4) is 5.75 Å². The molecule has 0 spiro atoms. The monoisotopic (exact) mass is 544 g/mol. The van der Waals surface area contributed by atoms with Gasteiger partial charge in [0.1, 0.15) is 24.0 Å². The molecule has 13 nitrogen and oxygen atoms in total. The molecule has 15 heteroatoms. The summed E-state index contributed by atoms with van der Waals surface area (Å²) in [5.41, 5.74) is 2.29. The highest BCUT2D eigenvalue weighted by atomic mass is 31.2. The third kappa shape index (κ3) is 6.72. The van der Waals surface area contributed by atoms with Crippen molar-refractivity contribution in [2.45, 2.75) is 63.8 Å². The lowest BCUT2D eigenvalue weighted by Crippen LogP contribution is -2.54. The fourth-order valence-electron chi connectivity index (χ4n) is 3.57. The van der Waals surface area contributed by atoms with Gasteiger partial charge in [-0.15, -0.1) is 0 Å². The first-order chi connectivity index (χ1) is 17.2. The van der Waals surface area contributed by atoms with E-state index >= 15 is 0 Å². The second-order valence-corrected chi connectivity index (χ2v) is 10.7. The Balaban J connectivity index is 1.82. The molecule has 0 radical (unpaired) electrons. The molecule has 0 saturated carbocycles. The topological polar surface area (TPSA) is 184 Å². The van der Waals surface area contributed by atoms with E-state index in [1.165, 1.54) is 26.0 Å². The predicted molar refractivity (Wildman–Crippen MR) is 128 cm³/mol. The van der Waals surface area contributed by atoms with Crippen molar-refractivity contribution >= 4 is 13.7 Å². The minimum absolute atomic E-state index is 0.160. The van der Waals surface area contributed by atoms with Gasteiger partial charge < -0.3 is 24.8 Å². The molecular weight excluding hydrogens is 514 g/mol. The van der Waals surface area contributed by atoms with Gasteiger partial charge in [0.05, 0.1) is 24.4 Å². The molecule has 2 aromatic rings. The van der Waals surface area contributed by atoms with Crippen LogP contribution in [0.5, 0.6) is 5.75 Å². The number of ether oxygens (including phenoxy) is 2. The number of carbonyl (C=O) groups is 1. The molecule has 0 bridgehead atoms. The van der Waals surface area contributed by atoms with E-state index in [9.17, 15) is 28.4 Å². The maximum absolute atomic E-state index is 13.8. The average Bonchev–Trinajstić information content (AvgIpc) is 3.03. The lowest BCUT2D eigenvalue weighted by Gasteiger charge is -2.28. The number of aromatic nitrogens is 2. The fourth-order valence-corrected chi connectivity index (χ4v) is 5.07. The van der Waals surface area contributed by atoms with E-state index in [1.807, 2.05) is 0 Å². The summed E-state index contributed by atoms with van der Waals surface area (Å²) in [6, 6.07) is 6.89. The van der Waals surface area contributed by atoms with Gasteiger partial charge >= 0.3 is 19.4 Å². The van der Waals surface area contributed by atoms with Gasteiger partial charge in [0.25, 0.3) is 5.56 Å². The molecule has 204 valence electrons. The molecule has 37 heavy (non-hydrogen) atoms. The molecule has 1 aromatic heterocycles. The highest BCUT2D eigenvalue weighted by Gasteiger charge is 2.53. The van der Waals surface area contributed by atoms with Crippen LogP contribution in [0.3, 0.4) is 0 Å². The Morgan fingerprint density at radius 1 is 1.32 bits per heavy atom. The summed E-state index contributed by atoms with van der Waals surface area (Å²) < 4.78 is 50.0. The maximum atomic E-state index is 13.8. The smallest absolute Gasteiger partial charge is 0.459 e. The number of rotatable bonds is 10. The molecule has 6 atom stereocenters. The number of nitrogens with one attached hydrogen (secondary N) is 2. The number of halogens is 1. The molecule has 1 aromatic carbocycles. The first kappa shape index (κ1) is 28.7. The third-order valence-electron chi connectivity index (χ3n) is 5.44. The predicted octanol–water partition coefficient (Wildman–Crippen LogP) is 0.785. The van der Waals surface area contributed by atoms with E-state index in [0.717, 1.165) is 0 Å². The van der Waals surface area contributed by atoms with Crippen molar-refractivity contribution in [3.63, 3.8) is 0 Å². The Morgan fingerprint density at radius 2 is 1.97 bits per heavy atom. The number of hydrogen-bond acceptors (Lipinski definition) is 10. The van der Waals surface area contributed by atoms with Gasteiger partial charge in [0.2, 0.25) is 5.82 Å². The van der Waals surface area contributed by atoms with E-state index in [-0.39, 0.29) is 5.75 Å². The molecule has 0 unspecified atom stereocenters. The van der Waals surface area contributed by atoms with Crippen molar-refractivity contribution in [1.29, 1.82) is 0 Å². The number of esters is 1. The second kappa shape index (κ2) is 11.3. The van der Waals surface area contributed by atoms with Gasteiger partial charge in [-0.2, -0.15) is 9.48 Å². The quantitative estimate of drug-likeness (QED) is 0.245. The fraction of sp³-hybridized carbons (Fsp3) is 0.500. The van der Waals surface area contributed by atoms with Gasteiger partial charge in [-0.25, -0.2) is 9.36 Å². The van der Waals surface area contributed by atoms with Crippen LogP contribution in [0.15, 0.2) is 46.1 Å².